The summed E-state index contributed by atoms with van der Waals surface area (Å²) in [6, 6.07) is 21.5. The highest BCUT2D eigenvalue weighted by atomic mass is 35.5. The molecule has 6 heteroatoms. The molecule has 5 rings (SSSR count). The summed E-state index contributed by atoms with van der Waals surface area (Å²) in [6.45, 7) is 0.449. The monoisotopic (exact) mass is 462 g/mol. The Kier molecular flexibility index (Phi) is 5.94. The van der Waals surface area contributed by atoms with Crippen molar-refractivity contribution < 1.29 is 9.59 Å². The van der Waals surface area contributed by atoms with E-state index < -0.39 is 0 Å². The van der Waals surface area contributed by atoms with Gasteiger partial charge in [-0.2, -0.15) is 0 Å². The Morgan fingerprint density at radius 2 is 1.91 bits per heavy atom. The fraction of sp³-hybridized carbons (Fsp3) is 0.231. The highest BCUT2D eigenvalue weighted by Gasteiger charge is 2.27. The number of nitrogens with zero attached hydrogens (tertiary/aromatic N) is 1. The number of hydrogen-bond acceptors (Lipinski definition) is 3. The molecule has 0 spiro atoms. The molecule has 3 aromatic carbocycles. The van der Waals surface area contributed by atoms with Gasteiger partial charge in [-0.3, -0.25) is 9.59 Å². The summed E-state index contributed by atoms with van der Waals surface area (Å²) in [5.41, 5.74) is 4.88. The summed E-state index contributed by atoms with van der Waals surface area (Å²) in [6.07, 6.45) is 3.05. The minimum atomic E-state index is -0.107. The minimum Gasteiger partial charge on any atom is -0.345 e. The average Bonchev–Trinajstić information content (AvgIpc) is 2.82. The SMILES string of the molecule is O=C(N[C@@H]1CCCc2ccccc21)c1ccc2c(c1)N(Cc1ccc(Cl)cc1)C(=O)CS2. The third-order valence-electron chi connectivity index (χ3n) is 6.09. The van der Waals surface area contributed by atoms with Crippen molar-refractivity contribution in [3.05, 3.63) is 94.0 Å². The highest BCUT2D eigenvalue weighted by Crippen LogP contribution is 2.37. The van der Waals surface area contributed by atoms with E-state index in [2.05, 4.69) is 23.5 Å². The molecule has 1 N–H and O–H groups in total. The van der Waals surface area contributed by atoms with Crippen molar-refractivity contribution in [3.63, 3.8) is 0 Å². The maximum Gasteiger partial charge on any atom is 0.251 e. The molecule has 1 aliphatic heterocycles. The van der Waals surface area contributed by atoms with Gasteiger partial charge >= 0.3 is 0 Å². The van der Waals surface area contributed by atoms with Gasteiger partial charge in [-0.25, -0.2) is 0 Å². The van der Waals surface area contributed by atoms with Crippen molar-refractivity contribution in [2.45, 2.75) is 36.7 Å². The second-order valence-electron chi connectivity index (χ2n) is 8.19. The molecule has 0 saturated heterocycles. The highest BCUT2D eigenvalue weighted by molar-refractivity contribution is 8.00. The van der Waals surface area contributed by atoms with Crippen molar-refractivity contribution >= 4 is 40.9 Å². The van der Waals surface area contributed by atoms with Crippen molar-refractivity contribution in [2.75, 3.05) is 10.7 Å². The summed E-state index contributed by atoms with van der Waals surface area (Å²) in [5, 5.41) is 3.88. The van der Waals surface area contributed by atoms with Crippen LogP contribution in [0.2, 0.25) is 5.02 Å². The number of aryl methyl sites for hydroxylation is 1. The topological polar surface area (TPSA) is 49.4 Å². The smallest absolute Gasteiger partial charge is 0.251 e. The molecule has 0 radical (unpaired) electrons. The zero-order chi connectivity index (χ0) is 22.1. The standard InChI is InChI=1S/C26H23ClN2O2S/c27-20-11-8-17(9-12-20)15-29-23-14-19(10-13-24(23)32-16-25(29)30)26(31)28-22-7-3-5-18-4-1-2-6-21(18)22/h1-2,4,6,8-14,22H,3,5,7,15-16H2,(H,28,31)/t22-/m1/s1. The van der Waals surface area contributed by atoms with Gasteiger partial charge in [0.05, 0.1) is 24.0 Å². The lowest BCUT2D eigenvalue weighted by Gasteiger charge is -2.30. The molecule has 2 aliphatic rings. The Morgan fingerprint density at radius 3 is 2.75 bits per heavy atom. The van der Waals surface area contributed by atoms with Gasteiger partial charge in [0.2, 0.25) is 5.91 Å². The van der Waals surface area contributed by atoms with Gasteiger partial charge in [-0.1, -0.05) is 48.0 Å². The van der Waals surface area contributed by atoms with E-state index in [1.54, 1.807) is 4.90 Å². The van der Waals surface area contributed by atoms with Crippen molar-refractivity contribution in [1.29, 1.82) is 0 Å². The van der Waals surface area contributed by atoms with Crippen molar-refractivity contribution in [3.8, 4) is 0 Å². The van der Waals surface area contributed by atoms with Gasteiger partial charge in [-0.05, 0) is 66.3 Å². The molecular formula is C26H23ClN2O2S. The molecule has 1 aliphatic carbocycles. The molecule has 0 saturated carbocycles. The second kappa shape index (κ2) is 9.00. The van der Waals surface area contributed by atoms with Crippen molar-refractivity contribution in [2.24, 2.45) is 0 Å². The van der Waals surface area contributed by atoms with E-state index in [1.165, 1.54) is 22.9 Å². The van der Waals surface area contributed by atoms with Crippen LogP contribution in [0.25, 0.3) is 0 Å². The molecule has 2 amide bonds. The number of hydrogen-bond donors (Lipinski definition) is 1. The average molecular weight is 463 g/mol. The Balaban J connectivity index is 1.40. The molecule has 1 atom stereocenters. The Hall–Kier alpha value is -2.76. The first kappa shape index (κ1) is 21.1. The maximum atomic E-state index is 13.2. The summed E-state index contributed by atoms with van der Waals surface area (Å²) in [7, 11) is 0. The van der Waals surface area contributed by atoms with Crippen LogP contribution in [0.15, 0.2) is 71.6 Å². The summed E-state index contributed by atoms with van der Waals surface area (Å²) < 4.78 is 0. The van der Waals surface area contributed by atoms with E-state index in [0.717, 1.165) is 35.4 Å². The molecule has 0 aromatic heterocycles. The van der Waals surface area contributed by atoms with E-state index in [0.29, 0.717) is 22.9 Å². The Morgan fingerprint density at radius 1 is 1.09 bits per heavy atom. The fourth-order valence-corrected chi connectivity index (χ4v) is 5.48. The zero-order valence-corrected chi connectivity index (χ0v) is 19.1. The van der Waals surface area contributed by atoms with Crippen LogP contribution >= 0.6 is 23.4 Å². The summed E-state index contributed by atoms with van der Waals surface area (Å²) in [4.78, 5) is 28.7. The van der Waals surface area contributed by atoms with Crippen molar-refractivity contribution in [1.82, 2.24) is 5.32 Å². The van der Waals surface area contributed by atoms with E-state index in [4.69, 9.17) is 11.6 Å². The van der Waals surface area contributed by atoms with E-state index >= 15 is 0 Å². The number of benzene rings is 3. The molecule has 1 heterocycles. The third kappa shape index (κ3) is 4.27. The first-order valence-corrected chi connectivity index (χ1v) is 12.2. The Labute approximate surface area is 197 Å². The molecule has 162 valence electrons. The number of amides is 2. The molecular weight excluding hydrogens is 440 g/mol. The van der Waals surface area contributed by atoms with Gasteiger partial charge in [0.15, 0.2) is 0 Å². The van der Waals surface area contributed by atoms with Gasteiger partial charge < -0.3 is 10.2 Å². The van der Waals surface area contributed by atoms with Gasteiger partial charge in [-0.15, -0.1) is 11.8 Å². The van der Waals surface area contributed by atoms with Gasteiger partial charge in [0, 0.05) is 15.5 Å². The normalized spacial score (nSPS) is 17.5. The second-order valence-corrected chi connectivity index (χ2v) is 9.65. The summed E-state index contributed by atoms with van der Waals surface area (Å²) in [5.74, 6) is 0.325. The van der Waals surface area contributed by atoms with E-state index in [-0.39, 0.29) is 17.9 Å². The maximum absolute atomic E-state index is 13.2. The van der Waals surface area contributed by atoms with Crippen LogP contribution in [0.3, 0.4) is 0 Å². The summed E-state index contributed by atoms with van der Waals surface area (Å²) >= 11 is 7.52. The molecule has 0 fully saturated rings. The van der Waals surface area contributed by atoms with Crippen LogP contribution in [0.5, 0.6) is 0 Å². The minimum absolute atomic E-state index is 0.0182. The van der Waals surface area contributed by atoms with Gasteiger partial charge in [0.25, 0.3) is 5.91 Å². The number of nitrogens with one attached hydrogen (secondary N) is 1. The van der Waals surface area contributed by atoms with Crippen LogP contribution in [0.1, 0.15) is 45.9 Å². The van der Waals surface area contributed by atoms with Crippen LogP contribution in [-0.2, 0) is 17.8 Å². The number of carbonyl (C=O) groups is 2. The number of anilines is 1. The predicted octanol–water partition coefficient (Wildman–Crippen LogP) is 5.79. The first-order chi connectivity index (χ1) is 15.6. The molecule has 3 aromatic rings. The zero-order valence-electron chi connectivity index (χ0n) is 17.5. The lowest BCUT2D eigenvalue weighted by atomic mass is 9.87. The molecule has 0 bridgehead atoms. The fourth-order valence-electron chi connectivity index (χ4n) is 4.43. The van der Waals surface area contributed by atoms with Crippen LogP contribution < -0.4 is 10.2 Å². The van der Waals surface area contributed by atoms with Crippen LogP contribution in [-0.4, -0.2) is 17.6 Å². The number of halogens is 1. The predicted molar refractivity (Wildman–Crippen MR) is 129 cm³/mol. The number of rotatable bonds is 4. The lowest BCUT2D eigenvalue weighted by Crippen LogP contribution is -2.35. The molecule has 32 heavy (non-hydrogen) atoms. The lowest BCUT2D eigenvalue weighted by molar-refractivity contribution is -0.116. The third-order valence-corrected chi connectivity index (χ3v) is 7.39. The van der Waals surface area contributed by atoms with E-state index in [9.17, 15) is 9.59 Å². The molecule has 4 nitrogen and oxygen atoms in total. The van der Waals surface area contributed by atoms with Crippen LogP contribution in [0.4, 0.5) is 5.69 Å². The largest absolute Gasteiger partial charge is 0.345 e. The quantitative estimate of drug-likeness (QED) is 0.534. The van der Waals surface area contributed by atoms with E-state index in [1.807, 2.05) is 48.5 Å². The van der Waals surface area contributed by atoms with Gasteiger partial charge in [0.1, 0.15) is 0 Å². The van der Waals surface area contributed by atoms with Crippen LogP contribution in [0, 0.1) is 0 Å². The number of carbonyl (C=O) groups excluding carboxylic acids is 2. The number of thioether (sulfide) groups is 1. The first-order valence-electron chi connectivity index (χ1n) is 10.8. The number of fused-ring (bicyclic) bond motifs is 2. The molecule has 0 unspecified atom stereocenters. The Bertz CT molecular complexity index is 1180.